The zero-order valence-corrected chi connectivity index (χ0v) is 20.3. The number of hydrogen-bond acceptors (Lipinski definition) is 4. The summed E-state index contributed by atoms with van der Waals surface area (Å²) in [4.78, 5) is 26.3. The molecule has 2 heterocycles. The number of aromatic nitrogens is 2. The molecule has 180 valence electrons. The van der Waals surface area contributed by atoms with E-state index < -0.39 is 22.8 Å². The van der Waals surface area contributed by atoms with Gasteiger partial charge in [-0.2, -0.15) is 0 Å². The molecular formula is C25H34ClN3O4. The maximum absolute atomic E-state index is 12.3. The number of carbonyl (C=O) groups is 1. The van der Waals surface area contributed by atoms with E-state index in [1.54, 1.807) is 0 Å². The zero-order valence-electron chi connectivity index (χ0n) is 19.5. The van der Waals surface area contributed by atoms with E-state index >= 15 is 0 Å². The predicted octanol–water partition coefficient (Wildman–Crippen LogP) is 4.98. The van der Waals surface area contributed by atoms with Crippen LogP contribution in [0.5, 0.6) is 5.75 Å². The second-order valence-corrected chi connectivity index (χ2v) is 8.25. The summed E-state index contributed by atoms with van der Waals surface area (Å²) >= 11 is 0. The van der Waals surface area contributed by atoms with Gasteiger partial charge in [-0.05, 0) is 43.1 Å². The normalized spacial score (nSPS) is 11.0. The summed E-state index contributed by atoms with van der Waals surface area (Å²) in [5.74, 6) is -1.90. The molecule has 4 N–H and O–H groups in total. The highest BCUT2D eigenvalue weighted by Crippen LogP contribution is 2.32. The second kappa shape index (κ2) is 11.9. The van der Waals surface area contributed by atoms with Crippen molar-refractivity contribution in [2.75, 3.05) is 6.54 Å². The standard InChI is InChI=1S/C25H33N3O4.ClH/c1-4-6-7-8-9-12-26-15-18-14-17-13-16(10-11-20(17)28(18)3)22-19(5-2)23(29)21(25(31)32)24(30)27-22;/h10-11,13-14,26H,4-9,12,15H2,1-3H3,(H,31,32)(H2,27,29,30);1H. The van der Waals surface area contributed by atoms with Crippen LogP contribution in [0.4, 0.5) is 0 Å². The summed E-state index contributed by atoms with van der Waals surface area (Å²) in [5.41, 5.74) is 2.42. The molecule has 0 amide bonds. The van der Waals surface area contributed by atoms with Crippen molar-refractivity contribution in [2.45, 2.75) is 58.9 Å². The fraction of sp³-hybridized carbons (Fsp3) is 0.440. The first kappa shape index (κ1) is 26.5. The van der Waals surface area contributed by atoms with Crippen LogP contribution in [-0.4, -0.2) is 32.3 Å². The van der Waals surface area contributed by atoms with E-state index in [0.29, 0.717) is 17.7 Å². The number of nitrogens with one attached hydrogen (secondary N) is 2. The molecule has 0 saturated heterocycles. The molecule has 3 rings (SSSR count). The van der Waals surface area contributed by atoms with E-state index in [1.807, 2.05) is 32.2 Å². The topological polar surface area (TPSA) is 107 Å². The average molecular weight is 476 g/mol. The van der Waals surface area contributed by atoms with Crippen molar-refractivity contribution >= 4 is 29.3 Å². The van der Waals surface area contributed by atoms with Gasteiger partial charge in [0, 0.05) is 35.8 Å². The van der Waals surface area contributed by atoms with Gasteiger partial charge in [-0.1, -0.05) is 45.6 Å². The highest BCUT2D eigenvalue weighted by Gasteiger charge is 2.22. The van der Waals surface area contributed by atoms with E-state index in [2.05, 4.69) is 27.9 Å². The SMILES string of the molecule is CCCCCCCNCc1cc2cc(-c3[nH]c(=O)c(C(=O)O)c(O)c3CC)ccc2n1C.Cl. The van der Waals surface area contributed by atoms with Crippen LogP contribution in [-0.2, 0) is 20.0 Å². The van der Waals surface area contributed by atoms with Gasteiger partial charge in [0.2, 0.25) is 0 Å². The van der Waals surface area contributed by atoms with Crippen LogP contribution in [0.15, 0.2) is 29.1 Å². The number of hydrogen-bond donors (Lipinski definition) is 4. The van der Waals surface area contributed by atoms with Gasteiger partial charge in [0.1, 0.15) is 5.75 Å². The van der Waals surface area contributed by atoms with E-state index in [-0.39, 0.29) is 12.4 Å². The fourth-order valence-corrected chi connectivity index (χ4v) is 4.22. The molecule has 0 bridgehead atoms. The Morgan fingerprint density at radius 1 is 1.12 bits per heavy atom. The van der Waals surface area contributed by atoms with Crippen molar-refractivity contribution in [3.05, 3.63) is 51.4 Å². The Morgan fingerprint density at radius 3 is 2.52 bits per heavy atom. The van der Waals surface area contributed by atoms with Crippen molar-refractivity contribution in [3.63, 3.8) is 0 Å². The number of pyridine rings is 1. The molecule has 1 aromatic carbocycles. The van der Waals surface area contributed by atoms with Crippen molar-refractivity contribution < 1.29 is 15.0 Å². The number of carboxylic acids is 1. The van der Waals surface area contributed by atoms with Crippen LogP contribution in [0.2, 0.25) is 0 Å². The van der Waals surface area contributed by atoms with Gasteiger partial charge in [0.15, 0.2) is 5.56 Å². The summed E-state index contributed by atoms with van der Waals surface area (Å²) in [7, 11) is 2.03. The maximum atomic E-state index is 12.3. The van der Waals surface area contributed by atoms with Gasteiger partial charge in [-0.3, -0.25) is 4.79 Å². The van der Waals surface area contributed by atoms with Crippen molar-refractivity contribution in [1.29, 1.82) is 0 Å². The van der Waals surface area contributed by atoms with Crippen LogP contribution in [0.3, 0.4) is 0 Å². The van der Waals surface area contributed by atoms with E-state index in [9.17, 15) is 19.8 Å². The molecule has 3 aromatic rings. The van der Waals surface area contributed by atoms with Crippen LogP contribution < -0.4 is 10.9 Å². The van der Waals surface area contributed by atoms with Gasteiger partial charge in [-0.25, -0.2) is 4.79 Å². The first-order chi connectivity index (χ1) is 15.4. The third kappa shape index (κ3) is 5.78. The minimum absolute atomic E-state index is 0. The molecule has 0 unspecified atom stereocenters. The molecule has 0 aliphatic rings. The zero-order chi connectivity index (χ0) is 23.3. The highest BCUT2D eigenvalue weighted by molar-refractivity contribution is 5.92. The number of unbranched alkanes of at least 4 members (excludes halogenated alkanes) is 4. The number of carboxylic acid groups (broad SMARTS) is 1. The van der Waals surface area contributed by atoms with Gasteiger partial charge < -0.3 is 25.1 Å². The number of rotatable bonds is 11. The first-order valence-electron chi connectivity index (χ1n) is 11.4. The average Bonchev–Trinajstić information content (AvgIpc) is 3.07. The molecule has 0 radical (unpaired) electrons. The number of aryl methyl sites for hydroxylation is 1. The summed E-state index contributed by atoms with van der Waals surface area (Å²) in [6, 6.07) is 7.96. The molecule has 0 saturated carbocycles. The molecule has 0 spiro atoms. The lowest BCUT2D eigenvalue weighted by molar-refractivity contribution is 0.0691. The van der Waals surface area contributed by atoms with Gasteiger partial charge in [-0.15, -0.1) is 12.4 Å². The Labute approximate surface area is 200 Å². The lowest BCUT2D eigenvalue weighted by atomic mass is 9.99. The molecular weight excluding hydrogens is 442 g/mol. The van der Waals surface area contributed by atoms with E-state index in [1.165, 1.54) is 37.8 Å². The minimum atomic E-state index is -1.44. The molecule has 2 aromatic heterocycles. The number of H-pyrrole nitrogens is 1. The van der Waals surface area contributed by atoms with Crippen LogP contribution in [0.25, 0.3) is 22.2 Å². The number of fused-ring (bicyclic) bond motifs is 1. The summed E-state index contributed by atoms with van der Waals surface area (Å²) in [6.45, 7) is 5.81. The third-order valence-electron chi connectivity index (χ3n) is 6.05. The quantitative estimate of drug-likeness (QED) is 0.292. The van der Waals surface area contributed by atoms with Gasteiger partial charge in [0.05, 0.1) is 5.69 Å². The van der Waals surface area contributed by atoms with E-state index in [4.69, 9.17) is 0 Å². The summed E-state index contributed by atoms with van der Waals surface area (Å²) < 4.78 is 2.15. The molecule has 8 heteroatoms. The Bertz CT molecular complexity index is 1170. The summed E-state index contributed by atoms with van der Waals surface area (Å²) in [5, 5.41) is 24.2. The summed E-state index contributed by atoms with van der Waals surface area (Å²) in [6.07, 6.45) is 6.66. The highest BCUT2D eigenvalue weighted by atomic mass is 35.5. The molecule has 7 nitrogen and oxygen atoms in total. The maximum Gasteiger partial charge on any atom is 0.345 e. The smallest absolute Gasteiger partial charge is 0.345 e. The number of aromatic amines is 1. The van der Waals surface area contributed by atoms with Crippen molar-refractivity contribution in [2.24, 2.45) is 7.05 Å². The van der Waals surface area contributed by atoms with Crippen LogP contribution in [0.1, 0.15) is 67.6 Å². The lowest BCUT2D eigenvalue weighted by Gasteiger charge is -2.12. The lowest BCUT2D eigenvalue weighted by Crippen LogP contribution is -2.20. The number of nitrogens with zero attached hydrogens (tertiary/aromatic N) is 1. The Morgan fingerprint density at radius 2 is 1.85 bits per heavy atom. The van der Waals surface area contributed by atoms with Gasteiger partial charge >= 0.3 is 5.97 Å². The van der Waals surface area contributed by atoms with Gasteiger partial charge in [0.25, 0.3) is 5.56 Å². The Kier molecular flexibility index (Phi) is 9.56. The van der Waals surface area contributed by atoms with Crippen molar-refractivity contribution in [1.82, 2.24) is 14.9 Å². The largest absolute Gasteiger partial charge is 0.506 e. The molecule has 0 aliphatic heterocycles. The Balaban J connectivity index is 0.00000385. The second-order valence-electron chi connectivity index (χ2n) is 8.25. The minimum Gasteiger partial charge on any atom is -0.506 e. The molecule has 33 heavy (non-hydrogen) atoms. The fourth-order valence-electron chi connectivity index (χ4n) is 4.22. The molecule has 0 aliphatic carbocycles. The first-order valence-corrected chi connectivity index (χ1v) is 11.4. The molecule has 0 atom stereocenters. The number of halogens is 1. The monoisotopic (exact) mass is 475 g/mol. The van der Waals surface area contributed by atoms with Crippen LogP contribution >= 0.6 is 12.4 Å². The third-order valence-corrected chi connectivity index (χ3v) is 6.05. The van der Waals surface area contributed by atoms with Crippen molar-refractivity contribution in [3.8, 4) is 17.0 Å². The van der Waals surface area contributed by atoms with Crippen LogP contribution in [0, 0.1) is 0 Å². The number of benzene rings is 1. The predicted molar refractivity (Wildman–Crippen MR) is 135 cm³/mol. The number of aromatic carboxylic acids is 1. The van der Waals surface area contributed by atoms with E-state index in [0.717, 1.165) is 29.6 Å². The molecule has 0 fully saturated rings. The Hall–Kier alpha value is -2.77. The number of aromatic hydroxyl groups is 1.